The molecule has 0 fully saturated rings. The van der Waals surface area contributed by atoms with E-state index in [2.05, 4.69) is 18.0 Å². The van der Waals surface area contributed by atoms with Crippen LogP contribution in [0.3, 0.4) is 0 Å². The number of aromatic nitrogens is 1. The first-order valence-corrected chi connectivity index (χ1v) is 7.22. The monoisotopic (exact) mass is 261 g/mol. The van der Waals surface area contributed by atoms with Gasteiger partial charge >= 0.3 is 7.12 Å². The van der Waals surface area contributed by atoms with Crippen molar-refractivity contribution in [2.75, 3.05) is 0 Å². The lowest BCUT2D eigenvalue weighted by Crippen LogP contribution is -2.29. The topological polar surface area (TPSA) is 53.4 Å². The van der Waals surface area contributed by atoms with Gasteiger partial charge in [-0.2, -0.15) is 0 Å². The van der Waals surface area contributed by atoms with Crippen molar-refractivity contribution in [1.29, 1.82) is 0 Å². The largest absolute Gasteiger partial charge is 0.490 e. The van der Waals surface area contributed by atoms with Gasteiger partial charge in [-0.3, -0.25) is 4.98 Å². The maximum absolute atomic E-state index is 8.95. The first-order chi connectivity index (χ1) is 9.24. The average molecular weight is 261 g/mol. The van der Waals surface area contributed by atoms with E-state index in [4.69, 9.17) is 10.0 Å². The molecule has 1 rings (SSSR count). The highest BCUT2D eigenvalue weighted by molar-refractivity contribution is 6.58. The lowest BCUT2D eigenvalue weighted by Gasteiger charge is -1.99. The van der Waals surface area contributed by atoms with Crippen molar-refractivity contribution < 1.29 is 10.0 Å². The Morgan fingerprint density at radius 1 is 1.11 bits per heavy atom. The molecule has 0 bridgehead atoms. The Kier molecular flexibility index (Phi) is 8.18. The molecule has 0 aliphatic heterocycles. The van der Waals surface area contributed by atoms with E-state index in [0.29, 0.717) is 5.46 Å². The minimum absolute atomic E-state index is 0.424. The van der Waals surface area contributed by atoms with Crippen LogP contribution in [0.25, 0.3) is 6.08 Å². The Labute approximate surface area is 116 Å². The fourth-order valence-corrected chi connectivity index (χ4v) is 1.91. The summed E-state index contributed by atoms with van der Waals surface area (Å²) in [6.45, 7) is 2.23. The van der Waals surface area contributed by atoms with Crippen molar-refractivity contribution in [1.82, 2.24) is 4.98 Å². The Hall–Kier alpha value is -1.13. The standard InChI is InChI=1S/C15H24BNO2/c1-2-3-4-5-6-7-8-9-10-15-12-11-14(13-17-15)16(18)19/h9-13,18-19H,2-8H2,1H3/b10-9+. The van der Waals surface area contributed by atoms with Gasteiger partial charge in [0.25, 0.3) is 0 Å². The molecule has 0 aliphatic rings. The second kappa shape index (κ2) is 9.76. The number of hydrogen-bond acceptors (Lipinski definition) is 3. The summed E-state index contributed by atoms with van der Waals surface area (Å²) in [6.07, 6.45) is 14.6. The maximum atomic E-state index is 8.95. The number of unbranched alkanes of at least 4 members (excludes halogenated alkanes) is 6. The number of allylic oxidation sites excluding steroid dienone is 1. The van der Waals surface area contributed by atoms with Gasteiger partial charge in [0.2, 0.25) is 0 Å². The van der Waals surface area contributed by atoms with Gasteiger partial charge < -0.3 is 10.0 Å². The van der Waals surface area contributed by atoms with Crippen molar-refractivity contribution in [2.45, 2.75) is 51.9 Å². The van der Waals surface area contributed by atoms with E-state index in [1.165, 1.54) is 44.7 Å². The molecule has 0 aliphatic carbocycles. The molecule has 3 nitrogen and oxygen atoms in total. The third-order valence-electron chi connectivity index (χ3n) is 3.12. The molecule has 0 unspecified atom stereocenters. The molecule has 0 saturated heterocycles. The van der Waals surface area contributed by atoms with Gasteiger partial charge in [-0.05, 0) is 25.0 Å². The SMILES string of the molecule is CCCCCCCC/C=C/c1ccc(B(O)O)cn1. The van der Waals surface area contributed by atoms with E-state index >= 15 is 0 Å². The molecule has 0 spiro atoms. The molecule has 0 saturated carbocycles. The quantitative estimate of drug-likeness (QED) is 0.530. The summed E-state index contributed by atoms with van der Waals surface area (Å²) in [5.74, 6) is 0. The van der Waals surface area contributed by atoms with E-state index < -0.39 is 7.12 Å². The third kappa shape index (κ3) is 7.14. The molecule has 2 N–H and O–H groups in total. The van der Waals surface area contributed by atoms with Gasteiger partial charge in [-0.25, -0.2) is 0 Å². The summed E-state index contributed by atoms with van der Waals surface area (Å²) in [7, 11) is -1.44. The van der Waals surface area contributed by atoms with E-state index in [9.17, 15) is 0 Å². The van der Waals surface area contributed by atoms with Crippen molar-refractivity contribution in [3.63, 3.8) is 0 Å². The zero-order valence-corrected chi connectivity index (χ0v) is 11.8. The van der Waals surface area contributed by atoms with Crippen LogP contribution in [-0.2, 0) is 0 Å². The number of hydrogen-bond donors (Lipinski definition) is 2. The van der Waals surface area contributed by atoms with Gasteiger partial charge in [-0.15, -0.1) is 0 Å². The molecule has 0 aromatic carbocycles. The fraction of sp³-hybridized carbons (Fsp3) is 0.533. The lowest BCUT2D eigenvalue weighted by molar-refractivity contribution is 0.425. The highest BCUT2D eigenvalue weighted by Gasteiger charge is 2.09. The highest BCUT2D eigenvalue weighted by atomic mass is 16.4. The van der Waals surface area contributed by atoms with E-state index in [0.717, 1.165) is 12.1 Å². The van der Waals surface area contributed by atoms with Crippen molar-refractivity contribution >= 4 is 18.7 Å². The molecule has 1 heterocycles. The molecule has 104 valence electrons. The summed E-state index contributed by atoms with van der Waals surface area (Å²) < 4.78 is 0. The minimum Gasteiger partial charge on any atom is -0.423 e. The molecule has 19 heavy (non-hydrogen) atoms. The van der Waals surface area contributed by atoms with Crippen LogP contribution < -0.4 is 5.46 Å². The van der Waals surface area contributed by atoms with E-state index in [1.807, 2.05) is 6.08 Å². The average Bonchev–Trinajstić information content (AvgIpc) is 2.42. The Bertz CT molecular complexity index is 363. The molecule has 1 aromatic rings. The normalized spacial score (nSPS) is 11.1. The molecular weight excluding hydrogens is 237 g/mol. The molecular formula is C15H24BNO2. The molecule has 0 amide bonds. The van der Waals surface area contributed by atoms with Crippen LogP contribution in [0.15, 0.2) is 24.4 Å². The minimum atomic E-state index is -1.44. The van der Waals surface area contributed by atoms with Gasteiger partial charge in [0.15, 0.2) is 0 Å². The summed E-state index contributed by atoms with van der Waals surface area (Å²) in [5.41, 5.74) is 1.28. The zero-order valence-electron chi connectivity index (χ0n) is 11.8. The summed E-state index contributed by atoms with van der Waals surface area (Å²) in [6, 6.07) is 3.48. The predicted octanol–water partition coefficient (Wildman–Crippen LogP) is 2.53. The van der Waals surface area contributed by atoms with Crippen LogP contribution in [0.5, 0.6) is 0 Å². The van der Waals surface area contributed by atoms with Crippen LogP contribution in [0.4, 0.5) is 0 Å². The lowest BCUT2D eigenvalue weighted by atomic mass is 9.82. The van der Waals surface area contributed by atoms with Crippen LogP contribution in [-0.4, -0.2) is 22.2 Å². The molecule has 1 aromatic heterocycles. The maximum Gasteiger partial charge on any atom is 0.490 e. The van der Waals surface area contributed by atoms with Crippen LogP contribution in [0.2, 0.25) is 0 Å². The van der Waals surface area contributed by atoms with Crippen molar-refractivity contribution in [3.05, 3.63) is 30.1 Å². The smallest absolute Gasteiger partial charge is 0.423 e. The first kappa shape index (κ1) is 15.9. The summed E-state index contributed by atoms with van der Waals surface area (Å²) in [5, 5.41) is 17.9. The van der Waals surface area contributed by atoms with Crippen LogP contribution in [0, 0.1) is 0 Å². The first-order valence-electron chi connectivity index (χ1n) is 7.22. The van der Waals surface area contributed by atoms with E-state index in [1.54, 1.807) is 12.1 Å². The third-order valence-corrected chi connectivity index (χ3v) is 3.12. The summed E-state index contributed by atoms with van der Waals surface area (Å²) in [4.78, 5) is 4.15. The predicted molar refractivity (Wildman–Crippen MR) is 81.1 cm³/mol. The van der Waals surface area contributed by atoms with Gasteiger partial charge in [0.1, 0.15) is 0 Å². The number of rotatable bonds is 9. The second-order valence-electron chi connectivity index (χ2n) is 4.85. The highest BCUT2D eigenvalue weighted by Crippen LogP contribution is 2.08. The van der Waals surface area contributed by atoms with Crippen LogP contribution in [0.1, 0.15) is 57.6 Å². The van der Waals surface area contributed by atoms with Crippen molar-refractivity contribution in [3.8, 4) is 0 Å². The fourth-order valence-electron chi connectivity index (χ4n) is 1.91. The Morgan fingerprint density at radius 3 is 2.47 bits per heavy atom. The second-order valence-corrected chi connectivity index (χ2v) is 4.85. The molecule has 4 heteroatoms. The van der Waals surface area contributed by atoms with Gasteiger partial charge in [0, 0.05) is 11.7 Å². The number of pyridine rings is 1. The van der Waals surface area contributed by atoms with Crippen molar-refractivity contribution in [2.24, 2.45) is 0 Å². The van der Waals surface area contributed by atoms with E-state index in [-0.39, 0.29) is 0 Å². The van der Waals surface area contributed by atoms with Gasteiger partial charge in [-0.1, -0.05) is 51.2 Å². The van der Waals surface area contributed by atoms with Crippen LogP contribution >= 0.6 is 0 Å². The Balaban J connectivity index is 2.18. The summed E-state index contributed by atoms with van der Waals surface area (Å²) >= 11 is 0. The van der Waals surface area contributed by atoms with Gasteiger partial charge in [0.05, 0.1) is 5.69 Å². The zero-order chi connectivity index (χ0) is 13.9. The molecule has 0 radical (unpaired) electrons. The molecule has 0 atom stereocenters. The Morgan fingerprint density at radius 2 is 1.84 bits per heavy atom. The number of nitrogens with zero attached hydrogens (tertiary/aromatic N) is 1.